The van der Waals surface area contributed by atoms with E-state index in [0.29, 0.717) is 12.1 Å². The van der Waals surface area contributed by atoms with Gasteiger partial charge < -0.3 is 9.64 Å². The van der Waals surface area contributed by atoms with E-state index in [4.69, 9.17) is 4.74 Å². The zero-order valence-electron chi connectivity index (χ0n) is 10.9. The zero-order valence-corrected chi connectivity index (χ0v) is 12.4. The minimum absolute atomic E-state index is 0.205. The van der Waals surface area contributed by atoms with Crippen molar-refractivity contribution in [2.45, 2.75) is 6.54 Å². The van der Waals surface area contributed by atoms with E-state index < -0.39 is 0 Å². The average Bonchev–Trinajstić information content (AvgIpc) is 2.42. The molecule has 2 rings (SSSR count). The fourth-order valence-corrected chi connectivity index (χ4v) is 2.18. The fraction of sp³-hybridized carbons (Fsp3) is 0.200. The molecule has 2 aromatic carbocycles. The molecule has 2 aromatic rings. The van der Waals surface area contributed by atoms with Crippen LogP contribution in [0.15, 0.2) is 46.9 Å². The quantitative estimate of drug-likeness (QED) is 0.834. The van der Waals surface area contributed by atoms with E-state index in [2.05, 4.69) is 15.9 Å². The fourth-order valence-electron chi connectivity index (χ4n) is 1.84. The van der Waals surface area contributed by atoms with Gasteiger partial charge in [0.25, 0.3) is 0 Å². The second-order valence-corrected chi connectivity index (χ2v) is 5.21. The molecule has 0 bridgehead atoms. The third-order valence-electron chi connectivity index (χ3n) is 2.92. The first kappa shape index (κ1) is 13.9. The molecule has 0 saturated heterocycles. The highest BCUT2D eigenvalue weighted by Crippen LogP contribution is 2.23. The van der Waals surface area contributed by atoms with E-state index in [1.54, 1.807) is 13.2 Å². The molecule has 0 aliphatic rings. The largest absolute Gasteiger partial charge is 0.497 e. The van der Waals surface area contributed by atoms with Gasteiger partial charge in [-0.1, -0.05) is 28.1 Å². The zero-order chi connectivity index (χ0) is 13.8. The molecule has 0 spiro atoms. The van der Waals surface area contributed by atoms with Crippen molar-refractivity contribution < 1.29 is 9.13 Å². The molecule has 4 heteroatoms. The summed E-state index contributed by atoms with van der Waals surface area (Å²) < 4.78 is 19.7. The molecule has 0 aliphatic carbocycles. The Hall–Kier alpha value is -1.55. The molecule has 0 aromatic heterocycles. The number of halogens is 2. The van der Waals surface area contributed by atoms with Gasteiger partial charge in [-0.25, -0.2) is 4.39 Å². The van der Waals surface area contributed by atoms with Crippen LogP contribution in [0.1, 0.15) is 5.56 Å². The van der Waals surface area contributed by atoms with Crippen molar-refractivity contribution >= 4 is 21.6 Å². The van der Waals surface area contributed by atoms with Gasteiger partial charge in [-0.3, -0.25) is 0 Å². The molecule has 0 saturated carbocycles. The molecular weight excluding hydrogens is 309 g/mol. The second-order valence-electron chi connectivity index (χ2n) is 4.29. The van der Waals surface area contributed by atoms with Crippen molar-refractivity contribution in [2.75, 3.05) is 19.1 Å². The van der Waals surface area contributed by atoms with Crippen LogP contribution in [0.4, 0.5) is 10.1 Å². The van der Waals surface area contributed by atoms with Crippen LogP contribution in [-0.2, 0) is 6.54 Å². The van der Waals surface area contributed by atoms with Gasteiger partial charge in [0.05, 0.1) is 7.11 Å². The van der Waals surface area contributed by atoms with Crippen LogP contribution in [0.5, 0.6) is 5.75 Å². The van der Waals surface area contributed by atoms with Crippen LogP contribution < -0.4 is 9.64 Å². The predicted octanol–water partition coefficient (Wildman–Crippen LogP) is 4.23. The lowest BCUT2D eigenvalue weighted by Crippen LogP contribution is -2.17. The van der Waals surface area contributed by atoms with Crippen LogP contribution in [0, 0.1) is 5.82 Å². The maximum atomic E-state index is 13.8. The second kappa shape index (κ2) is 6.06. The normalized spacial score (nSPS) is 10.3. The summed E-state index contributed by atoms with van der Waals surface area (Å²) in [5.74, 6) is 0.588. The van der Waals surface area contributed by atoms with E-state index in [0.717, 1.165) is 15.9 Å². The van der Waals surface area contributed by atoms with E-state index in [9.17, 15) is 4.39 Å². The van der Waals surface area contributed by atoms with Crippen LogP contribution in [0.3, 0.4) is 0 Å². The summed E-state index contributed by atoms with van der Waals surface area (Å²) in [7, 11) is 3.56. The maximum Gasteiger partial charge on any atom is 0.129 e. The highest BCUT2D eigenvalue weighted by Gasteiger charge is 2.07. The third kappa shape index (κ3) is 3.47. The lowest BCUT2D eigenvalue weighted by Gasteiger charge is -2.20. The highest BCUT2D eigenvalue weighted by molar-refractivity contribution is 9.10. The molecule has 100 valence electrons. The Kier molecular flexibility index (Phi) is 4.43. The molecule has 2 nitrogen and oxygen atoms in total. The molecule has 19 heavy (non-hydrogen) atoms. The minimum Gasteiger partial charge on any atom is -0.497 e. The minimum atomic E-state index is -0.205. The molecule has 0 fully saturated rings. The van der Waals surface area contributed by atoms with E-state index in [-0.39, 0.29) is 5.82 Å². The van der Waals surface area contributed by atoms with Crippen LogP contribution in [0.25, 0.3) is 0 Å². The Bertz CT molecular complexity index is 574. The smallest absolute Gasteiger partial charge is 0.129 e. The molecular formula is C15H15BrFNO. The van der Waals surface area contributed by atoms with Crippen molar-refractivity contribution in [3.63, 3.8) is 0 Å². The summed E-state index contributed by atoms with van der Waals surface area (Å²) in [5, 5.41) is 0. The van der Waals surface area contributed by atoms with Gasteiger partial charge in [0, 0.05) is 35.4 Å². The molecule has 0 N–H and O–H groups in total. The van der Waals surface area contributed by atoms with Gasteiger partial charge in [-0.15, -0.1) is 0 Å². The number of ether oxygens (including phenoxy) is 1. The van der Waals surface area contributed by atoms with Crippen LogP contribution >= 0.6 is 15.9 Å². The maximum absolute atomic E-state index is 13.8. The van der Waals surface area contributed by atoms with E-state index in [1.807, 2.05) is 42.3 Å². The van der Waals surface area contributed by atoms with Crippen molar-refractivity contribution in [1.29, 1.82) is 0 Å². The topological polar surface area (TPSA) is 12.5 Å². The van der Waals surface area contributed by atoms with Gasteiger partial charge in [0.15, 0.2) is 0 Å². The molecule has 0 unspecified atom stereocenters. The molecule has 0 radical (unpaired) electrons. The Morgan fingerprint density at radius 1 is 1.21 bits per heavy atom. The van der Waals surface area contributed by atoms with Gasteiger partial charge in [-0.2, -0.15) is 0 Å². The average molecular weight is 324 g/mol. The number of hydrogen-bond donors (Lipinski definition) is 0. The van der Waals surface area contributed by atoms with Crippen molar-refractivity contribution in [2.24, 2.45) is 0 Å². The Labute approximate surface area is 120 Å². The molecule has 0 heterocycles. The number of nitrogens with zero attached hydrogens (tertiary/aromatic N) is 1. The van der Waals surface area contributed by atoms with Crippen molar-refractivity contribution in [1.82, 2.24) is 0 Å². The predicted molar refractivity (Wildman–Crippen MR) is 79.2 cm³/mol. The van der Waals surface area contributed by atoms with Gasteiger partial charge >= 0.3 is 0 Å². The Balaban J connectivity index is 2.17. The SMILES string of the molecule is COc1cccc(N(C)Cc2ccc(Br)cc2F)c1. The number of benzene rings is 2. The van der Waals surface area contributed by atoms with Gasteiger partial charge in [0.2, 0.25) is 0 Å². The first-order valence-electron chi connectivity index (χ1n) is 5.89. The first-order chi connectivity index (χ1) is 9.10. The summed E-state index contributed by atoms with van der Waals surface area (Å²) in [6, 6.07) is 12.8. The first-order valence-corrected chi connectivity index (χ1v) is 6.68. The van der Waals surface area contributed by atoms with Crippen LogP contribution in [-0.4, -0.2) is 14.2 Å². The molecule has 0 aliphatic heterocycles. The van der Waals surface area contributed by atoms with Crippen LogP contribution in [0.2, 0.25) is 0 Å². The summed E-state index contributed by atoms with van der Waals surface area (Å²) in [6.45, 7) is 0.506. The number of anilines is 1. The lowest BCUT2D eigenvalue weighted by molar-refractivity contribution is 0.415. The molecule has 0 amide bonds. The number of hydrogen-bond acceptors (Lipinski definition) is 2. The van der Waals surface area contributed by atoms with Gasteiger partial charge in [-0.05, 0) is 24.3 Å². The third-order valence-corrected chi connectivity index (χ3v) is 3.41. The number of methoxy groups -OCH3 is 1. The van der Waals surface area contributed by atoms with Gasteiger partial charge in [0.1, 0.15) is 11.6 Å². The number of rotatable bonds is 4. The Morgan fingerprint density at radius 3 is 2.68 bits per heavy atom. The van der Waals surface area contributed by atoms with E-state index in [1.165, 1.54) is 6.07 Å². The Morgan fingerprint density at radius 2 is 2.00 bits per heavy atom. The van der Waals surface area contributed by atoms with E-state index >= 15 is 0 Å². The van der Waals surface area contributed by atoms with Crippen molar-refractivity contribution in [3.8, 4) is 5.75 Å². The summed E-state index contributed by atoms with van der Waals surface area (Å²) in [6.07, 6.45) is 0. The standard InChI is InChI=1S/C15H15BrFNO/c1-18(13-4-3-5-14(9-13)19-2)10-11-6-7-12(16)8-15(11)17/h3-9H,10H2,1-2H3. The summed E-state index contributed by atoms with van der Waals surface area (Å²) in [5.41, 5.74) is 1.65. The monoisotopic (exact) mass is 323 g/mol. The summed E-state index contributed by atoms with van der Waals surface area (Å²) >= 11 is 3.26. The summed E-state index contributed by atoms with van der Waals surface area (Å²) in [4.78, 5) is 1.98. The lowest BCUT2D eigenvalue weighted by atomic mass is 10.2. The highest BCUT2D eigenvalue weighted by atomic mass is 79.9. The molecule has 0 atom stereocenters. The van der Waals surface area contributed by atoms with Crippen molar-refractivity contribution in [3.05, 3.63) is 58.3 Å².